The first-order chi connectivity index (χ1) is 10.9. The maximum absolute atomic E-state index is 13.2. The number of carbonyl (C=O) groups excluding carboxylic acids is 1. The lowest BCUT2D eigenvalue weighted by Crippen LogP contribution is -2.49. The minimum Gasteiger partial charge on any atom is -0.480 e. The second-order valence-corrected chi connectivity index (χ2v) is 5.87. The molecule has 0 bridgehead atoms. The number of halogens is 2. The molecule has 1 aromatic rings. The highest BCUT2D eigenvalue weighted by molar-refractivity contribution is 6.31. The van der Waals surface area contributed by atoms with Crippen LogP contribution in [0.15, 0.2) is 18.2 Å². The van der Waals surface area contributed by atoms with E-state index >= 15 is 0 Å². The molecule has 2 rings (SSSR count). The number of hydrogen-bond donors (Lipinski definition) is 1. The van der Waals surface area contributed by atoms with Crippen LogP contribution in [0.4, 0.5) is 4.39 Å². The van der Waals surface area contributed by atoms with Crippen LogP contribution >= 0.6 is 11.6 Å². The number of amides is 1. The van der Waals surface area contributed by atoms with E-state index in [0.717, 1.165) is 6.07 Å². The third-order valence-corrected chi connectivity index (χ3v) is 3.80. The maximum atomic E-state index is 13.2. The molecule has 6 nitrogen and oxygen atoms in total. The number of carboxylic acids is 1. The number of ether oxygens (including phenoxy) is 1. The van der Waals surface area contributed by atoms with Crippen molar-refractivity contribution in [3.05, 3.63) is 34.6 Å². The third-order valence-electron chi connectivity index (χ3n) is 3.51. The Morgan fingerprint density at radius 1 is 1.52 bits per heavy atom. The van der Waals surface area contributed by atoms with Gasteiger partial charge in [-0.2, -0.15) is 0 Å². The fourth-order valence-electron chi connectivity index (χ4n) is 2.47. The predicted molar refractivity (Wildman–Crippen MR) is 82.2 cm³/mol. The van der Waals surface area contributed by atoms with Gasteiger partial charge in [0, 0.05) is 25.2 Å². The van der Waals surface area contributed by atoms with Crippen molar-refractivity contribution in [1.29, 1.82) is 0 Å². The van der Waals surface area contributed by atoms with Crippen molar-refractivity contribution in [3.63, 3.8) is 0 Å². The van der Waals surface area contributed by atoms with E-state index in [1.54, 1.807) is 16.8 Å². The van der Waals surface area contributed by atoms with Gasteiger partial charge in [0.05, 0.1) is 24.3 Å². The molecule has 1 aromatic carbocycles. The number of carboxylic acid groups (broad SMARTS) is 1. The van der Waals surface area contributed by atoms with Gasteiger partial charge in [0.15, 0.2) is 0 Å². The summed E-state index contributed by atoms with van der Waals surface area (Å²) in [5, 5.41) is 8.66. The quantitative estimate of drug-likeness (QED) is 0.872. The van der Waals surface area contributed by atoms with E-state index in [0.29, 0.717) is 31.8 Å². The van der Waals surface area contributed by atoms with Gasteiger partial charge in [0.25, 0.3) is 5.91 Å². The minimum atomic E-state index is -0.919. The van der Waals surface area contributed by atoms with Crippen molar-refractivity contribution in [3.8, 4) is 0 Å². The van der Waals surface area contributed by atoms with Crippen LogP contribution in [-0.4, -0.2) is 72.7 Å². The highest BCUT2D eigenvalue weighted by Gasteiger charge is 2.26. The van der Waals surface area contributed by atoms with Crippen molar-refractivity contribution in [2.75, 3.05) is 39.8 Å². The molecule has 0 saturated carbocycles. The molecule has 8 heteroatoms. The van der Waals surface area contributed by atoms with Gasteiger partial charge in [-0.05, 0) is 25.2 Å². The molecular formula is C15H18ClFN2O4. The third kappa shape index (κ3) is 4.89. The number of rotatable bonds is 5. The first-order valence-electron chi connectivity index (χ1n) is 7.13. The minimum absolute atomic E-state index is 0.0955. The van der Waals surface area contributed by atoms with Crippen molar-refractivity contribution < 1.29 is 23.8 Å². The lowest BCUT2D eigenvalue weighted by atomic mass is 10.1. The summed E-state index contributed by atoms with van der Waals surface area (Å²) in [6.07, 6.45) is -0.270. The summed E-state index contributed by atoms with van der Waals surface area (Å²) >= 11 is 5.71. The van der Waals surface area contributed by atoms with E-state index in [2.05, 4.69) is 0 Å². The molecule has 1 amide bonds. The molecule has 0 spiro atoms. The second-order valence-electron chi connectivity index (χ2n) is 5.46. The Kier molecular flexibility index (Phi) is 5.92. The van der Waals surface area contributed by atoms with E-state index in [9.17, 15) is 14.0 Å². The Bertz CT molecular complexity index is 599. The molecule has 1 fully saturated rings. The molecule has 1 saturated heterocycles. The molecule has 1 aliphatic heterocycles. The highest BCUT2D eigenvalue weighted by Crippen LogP contribution is 2.18. The van der Waals surface area contributed by atoms with Gasteiger partial charge >= 0.3 is 5.97 Å². The van der Waals surface area contributed by atoms with E-state index in [4.69, 9.17) is 21.4 Å². The second kappa shape index (κ2) is 7.72. The molecular weight excluding hydrogens is 327 g/mol. The Labute approximate surface area is 138 Å². The molecule has 0 aliphatic carbocycles. The predicted octanol–water partition coefficient (Wildman–Crippen LogP) is 1.34. The van der Waals surface area contributed by atoms with Gasteiger partial charge in [-0.25, -0.2) is 4.39 Å². The number of likely N-dealkylation sites (N-methyl/N-ethyl adjacent to an activating group) is 1. The van der Waals surface area contributed by atoms with E-state index in [1.807, 2.05) is 0 Å². The summed E-state index contributed by atoms with van der Waals surface area (Å²) in [7, 11) is 1.68. The zero-order valence-electron chi connectivity index (χ0n) is 12.7. The van der Waals surface area contributed by atoms with Gasteiger partial charge < -0.3 is 14.7 Å². The highest BCUT2D eigenvalue weighted by atomic mass is 35.5. The van der Waals surface area contributed by atoms with Crippen LogP contribution in [0.5, 0.6) is 0 Å². The first kappa shape index (κ1) is 17.7. The Morgan fingerprint density at radius 3 is 2.91 bits per heavy atom. The monoisotopic (exact) mass is 344 g/mol. The summed E-state index contributed by atoms with van der Waals surface area (Å²) in [6.45, 7) is 1.44. The van der Waals surface area contributed by atoms with Crippen LogP contribution < -0.4 is 0 Å². The fraction of sp³-hybridized carbons (Fsp3) is 0.467. The normalized spacial score (nSPS) is 18.3. The zero-order valence-corrected chi connectivity index (χ0v) is 13.4. The SMILES string of the molecule is CN(CC(=O)O)CC1CN(C(=O)c2ccc(F)c(Cl)c2)CCO1. The van der Waals surface area contributed by atoms with Crippen LogP contribution in [0.25, 0.3) is 0 Å². The molecule has 1 unspecified atom stereocenters. The molecule has 1 heterocycles. The van der Waals surface area contributed by atoms with Crippen LogP contribution in [-0.2, 0) is 9.53 Å². The molecule has 1 atom stereocenters. The first-order valence-corrected chi connectivity index (χ1v) is 7.51. The smallest absolute Gasteiger partial charge is 0.317 e. The van der Waals surface area contributed by atoms with Gasteiger partial charge in [-0.15, -0.1) is 0 Å². The molecule has 1 N–H and O–H groups in total. The Hall–Kier alpha value is -1.70. The van der Waals surface area contributed by atoms with Gasteiger partial charge in [-0.3, -0.25) is 14.5 Å². The number of hydrogen-bond acceptors (Lipinski definition) is 4. The van der Waals surface area contributed by atoms with Crippen molar-refractivity contribution in [2.24, 2.45) is 0 Å². The van der Waals surface area contributed by atoms with Crippen LogP contribution in [0.2, 0.25) is 5.02 Å². The number of morpholine rings is 1. The van der Waals surface area contributed by atoms with Gasteiger partial charge in [-0.1, -0.05) is 11.6 Å². The molecule has 0 aromatic heterocycles. The molecule has 0 radical (unpaired) electrons. The van der Waals surface area contributed by atoms with Crippen LogP contribution in [0.1, 0.15) is 10.4 Å². The number of nitrogens with zero attached hydrogens (tertiary/aromatic N) is 2. The zero-order chi connectivity index (χ0) is 17.0. The number of benzene rings is 1. The Balaban J connectivity index is 1.98. The summed E-state index contributed by atoms with van der Waals surface area (Å²) < 4.78 is 18.8. The van der Waals surface area contributed by atoms with Crippen molar-refractivity contribution in [1.82, 2.24) is 9.80 Å². The largest absolute Gasteiger partial charge is 0.480 e. The van der Waals surface area contributed by atoms with E-state index < -0.39 is 11.8 Å². The number of carbonyl (C=O) groups is 2. The van der Waals surface area contributed by atoms with Crippen molar-refractivity contribution in [2.45, 2.75) is 6.10 Å². The molecule has 1 aliphatic rings. The van der Waals surface area contributed by atoms with Gasteiger partial charge in [0.1, 0.15) is 5.82 Å². The Morgan fingerprint density at radius 2 is 2.26 bits per heavy atom. The van der Waals surface area contributed by atoms with Crippen LogP contribution in [0.3, 0.4) is 0 Å². The summed E-state index contributed by atoms with van der Waals surface area (Å²) in [6, 6.07) is 3.86. The fourth-order valence-corrected chi connectivity index (χ4v) is 2.65. The lowest BCUT2D eigenvalue weighted by molar-refractivity contribution is -0.138. The standard InChI is InChI=1S/C15H18ClFN2O4/c1-18(9-14(20)21)7-11-8-19(4-5-23-11)15(22)10-2-3-13(17)12(16)6-10/h2-3,6,11H,4-5,7-9H2,1H3,(H,20,21). The van der Waals surface area contributed by atoms with Gasteiger partial charge in [0.2, 0.25) is 0 Å². The molecule has 23 heavy (non-hydrogen) atoms. The summed E-state index contributed by atoms with van der Waals surface area (Å²) in [5.41, 5.74) is 0.316. The molecule has 126 valence electrons. The van der Waals surface area contributed by atoms with Crippen LogP contribution in [0, 0.1) is 5.82 Å². The average Bonchev–Trinajstić information content (AvgIpc) is 2.48. The lowest BCUT2D eigenvalue weighted by Gasteiger charge is -2.34. The van der Waals surface area contributed by atoms with Crippen molar-refractivity contribution >= 4 is 23.5 Å². The maximum Gasteiger partial charge on any atom is 0.317 e. The van der Waals surface area contributed by atoms with E-state index in [-0.39, 0.29) is 23.6 Å². The van der Waals surface area contributed by atoms with E-state index in [1.165, 1.54) is 12.1 Å². The topological polar surface area (TPSA) is 70.1 Å². The average molecular weight is 345 g/mol. The summed E-state index contributed by atoms with van der Waals surface area (Å²) in [5.74, 6) is -1.74. The summed E-state index contributed by atoms with van der Waals surface area (Å²) in [4.78, 5) is 26.4. The number of aliphatic carboxylic acids is 1.